The van der Waals surface area contributed by atoms with Crippen LogP contribution in [0.15, 0.2) is 40.8 Å². The molecule has 0 saturated heterocycles. The van der Waals surface area contributed by atoms with Crippen LogP contribution in [0.5, 0.6) is 0 Å². The number of hydrogen-bond donors (Lipinski definition) is 1. The van der Waals surface area contributed by atoms with Crippen molar-refractivity contribution in [3.8, 4) is 0 Å². The minimum Gasteiger partial charge on any atom is -0.448 e. The van der Waals surface area contributed by atoms with E-state index in [2.05, 4.69) is 12.2 Å². The smallest absolute Gasteiger partial charge is 0.193 e. The predicted octanol–water partition coefficient (Wildman–Crippen LogP) is 4.31. The van der Waals surface area contributed by atoms with Gasteiger partial charge >= 0.3 is 0 Å². The Morgan fingerprint density at radius 2 is 1.94 bits per heavy atom. The first-order valence-electron chi connectivity index (χ1n) is 5.86. The number of furan rings is 1. The summed E-state index contributed by atoms with van der Waals surface area (Å²) in [7, 11) is 0. The fraction of sp³-hybridized carbons (Fsp3) is 0.286. The van der Waals surface area contributed by atoms with E-state index in [1.54, 1.807) is 6.07 Å². The molecule has 0 saturated carbocycles. The molecule has 2 aromatic rings. The molecule has 0 radical (unpaired) electrons. The van der Waals surface area contributed by atoms with E-state index < -0.39 is 0 Å². The van der Waals surface area contributed by atoms with Crippen LogP contribution >= 0.6 is 23.2 Å². The molecule has 1 atom stereocenters. The van der Waals surface area contributed by atoms with Gasteiger partial charge in [-0.3, -0.25) is 0 Å². The highest BCUT2D eigenvalue weighted by atomic mass is 35.5. The molecule has 1 aromatic heterocycles. The molecule has 18 heavy (non-hydrogen) atoms. The lowest BCUT2D eigenvalue weighted by molar-refractivity contribution is 0.455. The van der Waals surface area contributed by atoms with Gasteiger partial charge in [-0.1, -0.05) is 29.8 Å². The average molecular weight is 284 g/mol. The van der Waals surface area contributed by atoms with Gasteiger partial charge in [-0.2, -0.15) is 0 Å². The van der Waals surface area contributed by atoms with E-state index in [1.165, 1.54) is 0 Å². The second-order valence-electron chi connectivity index (χ2n) is 4.28. The summed E-state index contributed by atoms with van der Waals surface area (Å²) in [4.78, 5) is 0. The molecule has 1 aromatic carbocycles. The third-order valence-electron chi connectivity index (χ3n) is 2.74. The third-order valence-corrected chi connectivity index (χ3v) is 3.31. The number of nitrogens with one attached hydrogen (secondary N) is 1. The Balaban J connectivity index is 1.85. The minimum absolute atomic E-state index is 0.314. The second-order valence-corrected chi connectivity index (χ2v) is 5.06. The van der Waals surface area contributed by atoms with Gasteiger partial charge in [0.15, 0.2) is 5.22 Å². The summed E-state index contributed by atoms with van der Waals surface area (Å²) >= 11 is 11.8. The number of benzene rings is 1. The minimum atomic E-state index is 0.314. The highest BCUT2D eigenvalue weighted by Crippen LogP contribution is 2.17. The topological polar surface area (TPSA) is 25.2 Å². The zero-order valence-electron chi connectivity index (χ0n) is 10.1. The summed E-state index contributed by atoms with van der Waals surface area (Å²) in [6.45, 7) is 2.78. The van der Waals surface area contributed by atoms with Gasteiger partial charge in [0.2, 0.25) is 0 Å². The Morgan fingerprint density at radius 1 is 1.17 bits per heavy atom. The number of rotatable bonds is 5. The molecular weight excluding hydrogens is 269 g/mol. The van der Waals surface area contributed by atoms with Gasteiger partial charge in [0, 0.05) is 11.1 Å². The van der Waals surface area contributed by atoms with E-state index >= 15 is 0 Å². The Hall–Kier alpha value is -0.960. The van der Waals surface area contributed by atoms with Crippen LogP contribution in [0.4, 0.5) is 0 Å². The van der Waals surface area contributed by atoms with E-state index in [4.69, 9.17) is 27.6 Å². The molecule has 96 valence electrons. The summed E-state index contributed by atoms with van der Waals surface area (Å²) < 4.78 is 5.28. The van der Waals surface area contributed by atoms with Crippen molar-refractivity contribution in [3.63, 3.8) is 0 Å². The normalized spacial score (nSPS) is 12.6. The van der Waals surface area contributed by atoms with Crippen LogP contribution in [0.3, 0.4) is 0 Å². The molecule has 2 rings (SSSR count). The summed E-state index contributed by atoms with van der Waals surface area (Å²) in [6, 6.07) is 11.8. The van der Waals surface area contributed by atoms with E-state index in [0.29, 0.717) is 17.8 Å². The summed E-state index contributed by atoms with van der Waals surface area (Å²) in [5.74, 6) is 0.839. The number of halogens is 2. The van der Waals surface area contributed by atoms with Crippen LogP contribution in [0, 0.1) is 0 Å². The first kappa shape index (κ1) is 13.5. The summed E-state index contributed by atoms with van der Waals surface area (Å²) in [5.41, 5.74) is 1.15. The maximum Gasteiger partial charge on any atom is 0.193 e. The lowest BCUT2D eigenvalue weighted by atomic mass is 10.1. The molecular formula is C14H15Cl2NO. The molecule has 0 aliphatic carbocycles. The quantitative estimate of drug-likeness (QED) is 0.885. The molecule has 1 heterocycles. The van der Waals surface area contributed by atoms with E-state index in [9.17, 15) is 0 Å². The molecule has 0 fully saturated rings. The van der Waals surface area contributed by atoms with Crippen LogP contribution in [-0.2, 0) is 13.0 Å². The highest BCUT2D eigenvalue weighted by molar-refractivity contribution is 6.31. The molecule has 1 unspecified atom stereocenters. The van der Waals surface area contributed by atoms with Crippen LogP contribution in [0.2, 0.25) is 10.2 Å². The zero-order valence-corrected chi connectivity index (χ0v) is 11.6. The van der Waals surface area contributed by atoms with Gasteiger partial charge in [0.1, 0.15) is 5.76 Å². The van der Waals surface area contributed by atoms with Gasteiger partial charge in [-0.05, 0) is 48.7 Å². The largest absolute Gasteiger partial charge is 0.448 e. The monoisotopic (exact) mass is 283 g/mol. The summed E-state index contributed by atoms with van der Waals surface area (Å²) in [5, 5.41) is 4.61. The molecule has 0 bridgehead atoms. The van der Waals surface area contributed by atoms with Crippen molar-refractivity contribution >= 4 is 23.2 Å². The Kier molecular flexibility index (Phi) is 4.70. The standard InChI is InChI=1S/C14H15Cl2NO/c1-10(8-11-4-2-3-5-13(11)15)17-9-12-6-7-14(16)18-12/h2-7,10,17H,8-9H2,1H3. The Morgan fingerprint density at radius 3 is 2.61 bits per heavy atom. The van der Waals surface area contributed by atoms with Crippen molar-refractivity contribution < 1.29 is 4.42 Å². The molecule has 0 spiro atoms. The number of hydrogen-bond acceptors (Lipinski definition) is 2. The lowest BCUT2D eigenvalue weighted by Crippen LogP contribution is -2.27. The van der Waals surface area contributed by atoms with Crippen molar-refractivity contribution in [3.05, 3.63) is 58.0 Å². The molecule has 1 N–H and O–H groups in total. The van der Waals surface area contributed by atoms with Crippen molar-refractivity contribution in [1.82, 2.24) is 5.32 Å². The van der Waals surface area contributed by atoms with Crippen LogP contribution in [-0.4, -0.2) is 6.04 Å². The van der Waals surface area contributed by atoms with E-state index in [1.807, 2.05) is 30.3 Å². The van der Waals surface area contributed by atoms with Crippen LogP contribution in [0.1, 0.15) is 18.2 Å². The highest BCUT2D eigenvalue weighted by Gasteiger charge is 2.07. The molecule has 0 aliphatic rings. The molecule has 4 heteroatoms. The average Bonchev–Trinajstić information content (AvgIpc) is 2.76. The second kappa shape index (κ2) is 6.28. The van der Waals surface area contributed by atoms with Crippen molar-refractivity contribution in [1.29, 1.82) is 0 Å². The van der Waals surface area contributed by atoms with Crippen LogP contribution < -0.4 is 5.32 Å². The molecule has 0 aliphatic heterocycles. The fourth-order valence-corrected chi connectivity index (χ4v) is 2.16. The lowest BCUT2D eigenvalue weighted by Gasteiger charge is -2.13. The summed E-state index contributed by atoms with van der Waals surface area (Å²) in [6.07, 6.45) is 0.883. The maximum absolute atomic E-state index is 6.13. The van der Waals surface area contributed by atoms with Crippen molar-refractivity contribution in [2.75, 3.05) is 0 Å². The SMILES string of the molecule is CC(Cc1ccccc1Cl)NCc1ccc(Cl)o1. The molecule has 2 nitrogen and oxygen atoms in total. The van der Waals surface area contributed by atoms with Gasteiger partial charge in [0.25, 0.3) is 0 Å². The molecule has 0 amide bonds. The van der Waals surface area contributed by atoms with Crippen molar-refractivity contribution in [2.24, 2.45) is 0 Å². The Bertz CT molecular complexity index is 510. The van der Waals surface area contributed by atoms with Crippen LogP contribution in [0.25, 0.3) is 0 Å². The first-order valence-corrected chi connectivity index (χ1v) is 6.62. The zero-order chi connectivity index (χ0) is 13.0. The van der Waals surface area contributed by atoms with E-state index in [-0.39, 0.29) is 0 Å². The predicted molar refractivity (Wildman–Crippen MR) is 75.2 cm³/mol. The van der Waals surface area contributed by atoms with Gasteiger partial charge in [-0.15, -0.1) is 0 Å². The van der Waals surface area contributed by atoms with Gasteiger partial charge in [0.05, 0.1) is 6.54 Å². The Labute approximate surface area is 117 Å². The van der Waals surface area contributed by atoms with E-state index in [0.717, 1.165) is 22.8 Å². The fourth-order valence-electron chi connectivity index (χ4n) is 1.79. The maximum atomic E-state index is 6.13. The van der Waals surface area contributed by atoms with Gasteiger partial charge < -0.3 is 9.73 Å². The first-order chi connectivity index (χ1) is 8.65. The third kappa shape index (κ3) is 3.77. The van der Waals surface area contributed by atoms with Gasteiger partial charge in [-0.25, -0.2) is 0 Å². The van der Waals surface area contributed by atoms with Crippen molar-refractivity contribution in [2.45, 2.75) is 25.9 Å².